The number of hydrogen-bond acceptors (Lipinski definition) is 7. The van der Waals surface area contributed by atoms with Gasteiger partial charge in [0.2, 0.25) is 5.91 Å². The van der Waals surface area contributed by atoms with Gasteiger partial charge in [0.1, 0.15) is 5.39 Å². The van der Waals surface area contributed by atoms with Crippen LogP contribution in [0.3, 0.4) is 0 Å². The number of fused-ring (bicyclic) bond motifs is 1. The first-order valence-electron chi connectivity index (χ1n) is 8.08. The van der Waals surface area contributed by atoms with Crippen molar-refractivity contribution in [2.24, 2.45) is 0 Å². The number of carbonyl (C=O) groups excluding carboxylic acids is 2. The van der Waals surface area contributed by atoms with Gasteiger partial charge in [-0.1, -0.05) is 11.8 Å². The zero-order valence-electron chi connectivity index (χ0n) is 14.4. The predicted octanol–water partition coefficient (Wildman–Crippen LogP) is 1.05. The van der Waals surface area contributed by atoms with Crippen molar-refractivity contribution in [2.75, 3.05) is 17.7 Å². The van der Waals surface area contributed by atoms with Crippen LogP contribution in [-0.2, 0) is 11.3 Å². The van der Waals surface area contributed by atoms with Crippen molar-refractivity contribution in [3.63, 3.8) is 0 Å². The molecule has 0 spiro atoms. The van der Waals surface area contributed by atoms with E-state index < -0.39 is 0 Å². The van der Waals surface area contributed by atoms with Gasteiger partial charge in [-0.2, -0.15) is 5.10 Å². The third-order valence-corrected chi connectivity index (χ3v) is 4.58. The summed E-state index contributed by atoms with van der Waals surface area (Å²) in [5, 5.41) is 16.4. The third kappa shape index (κ3) is 4.41. The van der Waals surface area contributed by atoms with Crippen molar-refractivity contribution < 1.29 is 14.7 Å². The molecule has 0 saturated heterocycles. The Morgan fingerprint density at radius 1 is 1.30 bits per heavy atom. The number of aliphatic hydroxyl groups excluding tert-OH is 1. The quantitative estimate of drug-likeness (QED) is 0.314. The first-order chi connectivity index (χ1) is 13.0. The summed E-state index contributed by atoms with van der Waals surface area (Å²) in [6, 6.07) is 6.58. The summed E-state index contributed by atoms with van der Waals surface area (Å²) in [5.41, 5.74) is 1.14. The van der Waals surface area contributed by atoms with Crippen LogP contribution in [0.2, 0.25) is 0 Å². The summed E-state index contributed by atoms with van der Waals surface area (Å²) in [5.74, 6) is -0.284. The number of Topliss-reactive ketones (excluding diaryl/α,β-unsaturated/α-hetero) is 1. The zero-order chi connectivity index (χ0) is 19.4. The van der Waals surface area contributed by atoms with Gasteiger partial charge in [-0.3, -0.25) is 14.4 Å². The Hall–Kier alpha value is -2.98. The van der Waals surface area contributed by atoms with Gasteiger partial charge in [-0.15, -0.1) is 0 Å². The van der Waals surface area contributed by atoms with Crippen molar-refractivity contribution in [3.8, 4) is 0 Å². The average molecular weight is 387 g/mol. The number of ketones is 1. The molecule has 0 atom stereocenters. The molecule has 0 aliphatic rings. The molecule has 140 valence electrons. The van der Waals surface area contributed by atoms with Crippen molar-refractivity contribution in [3.05, 3.63) is 46.4 Å². The van der Waals surface area contributed by atoms with Crippen LogP contribution in [0.4, 0.5) is 5.69 Å². The Bertz CT molecular complexity index is 1040. The zero-order valence-corrected chi connectivity index (χ0v) is 15.2. The molecule has 0 bridgehead atoms. The van der Waals surface area contributed by atoms with Gasteiger partial charge < -0.3 is 15.4 Å². The van der Waals surface area contributed by atoms with Crippen LogP contribution in [0.1, 0.15) is 17.3 Å². The van der Waals surface area contributed by atoms with E-state index in [9.17, 15) is 14.4 Å². The van der Waals surface area contributed by atoms with Crippen LogP contribution in [-0.4, -0.2) is 48.9 Å². The lowest BCUT2D eigenvalue weighted by atomic mass is 10.1. The summed E-state index contributed by atoms with van der Waals surface area (Å²) >= 11 is 1.08. The molecule has 0 unspecified atom stereocenters. The minimum absolute atomic E-state index is 0.0387. The number of H-pyrrole nitrogens is 1. The van der Waals surface area contributed by atoms with Crippen LogP contribution in [0.15, 0.2) is 40.4 Å². The monoisotopic (exact) mass is 387 g/mol. The smallest absolute Gasteiger partial charge is 0.262 e. The predicted molar refractivity (Wildman–Crippen MR) is 101 cm³/mol. The molecule has 9 nitrogen and oxygen atoms in total. The molecule has 3 N–H and O–H groups in total. The summed E-state index contributed by atoms with van der Waals surface area (Å²) in [4.78, 5) is 42.4. The van der Waals surface area contributed by atoms with E-state index in [4.69, 9.17) is 5.11 Å². The van der Waals surface area contributed by atoms with E-state index in [1.807, 2.05) is 0 Å². The fourth-order valence-corrected chi connectivity index (χ4v) is 3.05. The van der Waals surface area contributed by atoms with E-state index in [1.165, 1.54) is 17.8 Å². The number of anilines is 1. The molecule has 0 saturated carbocycles. The molecule has 27 heavy (non-hydrogen) atoms. The Morgan fingerprint density at radius 2 is 2.04 bits per heavy atom. The van der Waals surface area contributed by atoms with Gasteiger partial charge in [0.25, 0.3) is 5.56 Å². The van der Waals surface area contributed by atoms with Crippen LogP contribution in [0.25, 0.3) is 11.0 Å². The molecule has 1 aromatic carbocycles. The molecule has 1 amide bonds. The van der Waals surface area contributed by atoms with Crippen LogP contribution >= 0.6 is 11.8 Å². The highest BCUT2D eigenvalue weighted by Gasteiger charge is 2.12. The molecular formula is C17H17N5O4S. The summed E-state index contributed by atoms with van der Waals surface area (Å²) in [7, 11) is 0. The van der Waals surface area contributed by atoms with Crippen molar-refractivity contribution >= 4 is 40.2 Å². The largest absolute Gasteiger partial charge is 0.394 e. The average Bonchev–Trinajstić information content (AvgIpc) is 3.04. The van der Waals surface area contributed by atoms with Crippen molar-refractivity contribution in [1.82, 2.24) is 19.7 Å². The van der Waals surface area contributed by atoms with Crippen LogP contribution in [0.5, 0.6) is 0 Å². The fraction of sp³-hybridized carbons (Fsp3) is 0.235. The lowest BCUT2D eigenvalue weighted by Gasteiger charge is -2.06. The van der Waals surface area contributed by atoms with Gasteiger partial charge in [0.05, 0.1) is 25.1 Å². The summed E-state index contributed by atoms with van der Waals surface area (Å²) in [6.45, 7) is 1.57. The topological polar surface area (TPSA) is 130 Å². The molecule has 3 aromatic rings. The molecule has 2 aromatic heterocycles. The molecule has 3 rings (SSSR count). The number of benzene rings is 1. The Balaban J connectivity index is 1.67. The molecule has 10 heteroatoms. The van der Waals surface area contributed by atoms with E-state index in [-0.39, 0.29) is 41.3 Å². The number of thioether (sulfide) groups is 1. The SMILES string of the molecule is CC(=O)c1ccc(NC(=O)CSc2nc3c(cnn3CCO)c(=O)[nH]2)cc1. The highest BCUT2D eigenvalue weighted by atomic mass is 32.2. The number of hydrogen-bond donors (Lipinski definition) is 3. The lowest BCUT2D eigenvalue weighted by molar-refractivity contribution is -0.113. The van der Waals surface area contributed by atoms with Gasteiger partial charge in [0, 0.05) is 11.3 Å². The van der Waals surface area contributed by atoms with Crippen LogP contribution < -0.4 is 10.9 Å². The van der Waals surface area contributed by atoms with Gasteiger partial charge in [-0.25, -0.2) is 9.67 Å². The highest BCUT2D eigenvalue weighted by Crippen LogP contribution is 2.16. The number of carbonyl (C=O) groups is 2. The molecule has 0 aliphatic carbocycles. The number of aromatic amines is 1. The molecule has 2 heterocycles. The summed E-state index contributed by atoms with van der Waals surface area (Å²) in [6.07, 6.45) is 1.39. The number of nitrogens with one attached hydrogen (secondary N) is 2. The standard InChI is InChI=1S/C17H17N5O4S/c1-10(24)11-2-4-12(5-3-11)19-14(25)9-27-17-20-15-13(16(26)21-17)8-18-22(15)6-7-23/h2-5,8,23H,6-7,9H2,1H3,(H,19,25)(H,20,21,26). The number of nitrogens with zero attached hydrogens (tertiary/aromatic N) is 3. The Morgan fingerprint density at radius 3 is 2.70 bits per heavy atom. The Kier molecular flexibility index (Phi) is 5.67. The van der Waals surface area contributed by atoms with E-state index >= 15 is 0 Å². The van der Waals surface area contributed by atoms with E-state index in [1.54, 1.807) is 24.3 Å². The molecular weight excluding hydrogens is 370 g/mol. The van der Waals surface area contributed by atoms with Gasteiger partial charge in [0.15, 0.2) is 16.6 Å². The minimum Gasteiger partial charge on any atom is -0.394 e. The maximum Gasteiger partial charge on any atom is 0.262 e. The third-order valence-electron chi connectivity index (χ3n) is 3.71. The number of aromatic nitrogens is 4. The second-order valence-electron chi connectivity index (χ2n) is 5.67. The first kappa shape index (κ1) is 18.8. The van der Waals surface area contributed by atoms with Crippen molar-refractivity contribution in [2.45, 2.75) is 18.6 Å². The normalized spacial score (nSPS) is 10.9. The van der Waals surface area contributed by atoms with E-state index in [2.05, 4.69) is 20.4 Å². The summed E-state index contributed by atoms with van der Waals surface area (Å²) < 4.78 is 1.44. The number of aliphatic hydroxyl groups is 1. The Labute approximate surface area is 157 Å². The minimum atomic E-state index is -0.355. The second-order valence-corrected chi connectivity index (χ2v) is 6.63. The molecule has 0 aliphatic heterocycles. The maximum atomic E-state index is 12.1. The maximum absolute atomic E-state index is 12.1. The first-order valence-corrected chi connectivity index (χ1v) is 9.07. The highest BCUT2D eigenvalue weighted by molar-refractivity contribution is 7.99. The fourth-order valence-electron chi connectivity index (χ4n) is 2.39. The van der Waals surface area contributed by atoms with Gasteiger partial charge >= 0.3 is 0 Å². The van der Waals surface area contributed by atoms with E-state index in [0.29, 0.717) is 22.3 Å². The number of rotatable bonds is 7. The molecule has 0 radical (unpaired) electrons. The van der Waals surface area contributed by atoms with Crippen molar-refractivity contribution in [1.29, 1.82) is 0 Å². The molecule has 0 fully saturated rings. The van der Waals surface area contributed by atoms with E-state index in [0.717, 1.165) is 11.8 Å². The van der Waals surface area contributed by atoms with Crippen LogP contribution in [0, 0.1) is 0 Å². The second kappa shape index (κ2) is 8.14. The lowest BCUT2D eigenvalue weighted by Crippen LogP contribution is -2.16. The van der Waals surface area contributed by atoms with Gasteiger partial charge in [-0.05, 0) is 31.2 Å². The number of amides is 1.